The third kappa shape index (κ3) is 4.16. The summed E-state index contributed by atoms with van der Waals surface area (Å²) < 4.78 is 0. The zero-order valence-corrected chi connectivity index (χ0v) is 11.2. The van der Waals surface area contributed by atoms with Crippen LogP contribution < -0.4 is 4.90 Å². The van der Waals surface area contributed by atoms with Gasteiger partial charge in [-0.2, -0.15) is 0 Å². The van der Waals surface area contributed by atoms with Gasteiger partial charge in [-0.1, -0.05) is 0 Å². The smallest absolute Gasteiger partial charge is 0.342 e. The lowest BCUT2D eigenvalue weighted by Crippen LogP contribution is -2.20. The number of carboxylic acid groups (broad SMARTS) is 1. The van der Waals surface area contributed by atoms with Crippen LogP contribution in [0.4, 0.5) is 11.5 Å². The van der Waals surface area contributed by atoms with Gasteiger partial charge in [0.2, 0.25) is 0 Å². The Labute approximate surface area is 115 Å². The molecule has 0 saturated heterocycles. The highest BCUT2D eigenvalue weighted by Gasteiger charge is 2.21. The van der Waals surface area contributed by atoms with E-state index in [2.05, 4.69) is 4.98 Å². The molecule has 8 nitrogen and oxygen atoms in total. The lowest BCUT2D eigenvalue weighted by atomic mass is 10.2. The third-order valence-corrected chi connectivity index (χ3v) is 2.84. The van der Waals surface area contributed by atoms with Gasteiger partial charge in [0.1, 0.15) is 17.6 Å². The molecule has 0 amide bonds. The van der Waals surface area contributed by atoms with Crippen LogP contribution in [0.15, 0.2) is 12.3 Å². The van der Waals surface area contributed by atoms with Crippen molar-refractivity contribution in [3.8, 4) is 0 Å². The van der Waals surface area contributed by atoms with Crippen LogP contribution in [0.2, 0.25) is 0 Å². The van der Waals surface area contributed by atoms with E-state index in [-0.39, 0.29) is 12.2 Å². The molecule has 0 spiro atoms. The summed E-state index contributed by atoms with van der Waals surface area (Å²) in [5, 5.41) is 28.4. The summed E-state index contributed by atoms with van der Waals surface area (Å²) in [6.07, 6.45) is 3.34. The highest BCUT2D eigenvalue weighted by Crippen LogP contribution is 2.22. The number of rotatable bonds is 8. The molecule has 1 heterocycles. The van der Waals surface area contributed by atoms with Crippen LogP contribution in [0.3, 0.4) is 0 Å². The fourth-order valence-corrected chi connectivity index (χ4v) is 1.71. The topological polar surface area (TPSA) is 117 Å². The van der Waals surface area contributed by atoms with Gasteiger partial charge in [0.05, 0.1) is 4.92 Å². The Morgan fingerprint density at radius 3 is 2.70 bits per heavy atom. The van der Waals surface area contributed by atoms with Crippen LogP contribution in [0.1, 0.15) is 29.6 Å². The molecule has 0 atom stereocenters. The molecule has 0 aromatic carbocycles. The monoisotopic (exact) mass is 283 g/mol. The van der Waals surface area contributed by atoms with E-state index in [1.807, 2.05) is 0 Å². The molecule has 0 saturated carbocycles. The zero-order valence-electron chi connectivity index (χ0n) is 11.2. The van der Waals surface area contributed by atoms with E-state index in [0.717, 1.165) is 19.0 Å². The van der Waals surface area contributed by atoms with Gasteiger partial charge in [-0.15, -0.1) is 0 Å². The molecular weight excluding hydrogens is 266 g/mol. The molecule has 1 aromatic heterocycles. The number of pyridine rings is 1. The Kier molecular flexibility index (Phi) is 5.85. The number of nitrogens with zero attached hydrogens (tertiary/aromatic N) is 3. The van der Waals surface area contributed by atoms with Crippen molar-refractivity contribution in [2.45, 2.75) is 19.3 Å². The number of nitro groups is 1. The number of aliphatic hydroxyl groups excluding tert-OH is 1. The van der Waals surface area contributed by atoms with Gasteiger partial charge in [0.25, 0.3) is 0 Å². The summed E-state index contributed by atoms with van der Waals surface area (Å²) in [6, 6.07) is 1.20. The molecule has 20 heavy (non-hydrogen) atoms. The van der Waals surface area contributed by atoms with Crippen LogP contribution >= 0.6 is 0 Å². The van der Waals surface area contributed by atoms with E-state index in [1.165, 1.54) is 6.07 Å². The number of hydrogen-bond donors (Lipinski definition) is 2. The van der Waals surface area contributed by atoms with Gasteiger partial charge in [-0.25, -0.2) is 9.78 Å². The highest BCUT2D eigenvalue weighted by molar-refractivity contribution is 5.93. The second-order valence-electron chi connectivity index (χ2n) is 4.33. The summed E-state index contributed by atoms with van der Waals surface area (Å²) in [7, 11) is 1.73. The maximum atomic E-state index is 11.0. The van der Waals surface area contributed by atoms with Crippen molar-refractivity contribution in [3.63, 3.8) is 0 Å². The first kappa shape index (κ1) is 15.8. The van der Waals surface area contributed by atoms with Crippen LogP contribution in [0.25, 0.3) is 0 Å². The van der Waals surface area contributed by atoms with Crippen LogP contribution in [0.5, 0.6) is 0 Å². The summed E-state index contributed by atoms with van der Waals surface area (Å²) in [4.78, 5) is 26.6. The zero-order chi connectivity index (χ0) is 15.1. The standard InChI is InChI=1S/C12H17N3O5/c1-14(5-3-2-4-6-16)11-7-9(12(17)18)10(8-13-11)15(19)20/h7-8,16H,2-6H2,1H3,(H,17,18). The molecule has 8 heteroatoms. The Bertz CT molecular complexity index is 492. The van der Waals surface area contributed by atoms with Gasteiger partial charge in [-0.3, -0.25) is 10.1 Å². The minimum atomic E-state index is -1.35. The molecule has 0 bridgehead atoms. The van der Waals surface area contributed by atoms with Crippen LogP contribution in [-0.4, -0.2) is 46.3 Å². The summed E-state index contributed by atoms with van der Waals surface area (Å²) in [6.45, 7) is 0.770. The average molecular weight is 283 g/mol. The lowest BCUT2D eigenvalue weighted by Gasteiger charge is -2.18. The van der Waals surface area contributed by atoms with Gasteiger partial charge in [0, 0.05) is 26.3 Å². The lowest BCUT2D eigenvalue weighted by molar-refractivity contribution is -0.385. The summed E-state index contributed by atoms with van der Waals surface area (Å²) >= 11 is 0. The van der Waals surface area contributed by atoms with E-state index < -0.39 is 16.6 Å². The maximum absolute atomic E-state index is 11.0. The molecule has 0 aliphatic heterocycles. The summed E-state index contributed by atoms with van der Waals surface area (Å²) in [5.74, 6) is -0.981. The van der Waals surface area contributed by atoms with E-state index in [0.29, 0.717) is 18.8 Å². The second-order valence-corrected chi connectivity index (χ2v) is 4.33. The number of aromatic nitrogens is 1. The number of aliphatic hydroxyl groups is 1. The Hall–Kier alpha value is -2.22. The molecule has 0 unspecified atom stereocenters. The Morgan fingerprint density at radius 2 is 2.15 bits per heavy atom. The van der Waals surface area contributed by atoms with Gasteiger partial charge >= 0.3 is 11.7 Å². The fourth-order valence-electron chi connectivity index (χ4n) is 1.71. The highest BCUT2D eigenvalue weighted by atomic mass is 16.6. The minimum Gasteiger partial charge on any atom is -0.477 e. The first-order valence-corrected chi connectivity index (χ1v) is 6.17. The Morgan fingerprint density at radius 1 is 1.45 bits per heavy atom. The van der Waals surface area contributed by atoms with E-state index in [4.69, 9.17) is 10.2 Å². The molecule has 0 fully saturated rings. The third-order valence-electron chi connectivity index (χ3n) is 2.84. The van der Waals surface area contributed by atoms with Gasteiger partial charge in [-0.05, 0) is 19.3 Å². The molecule has 110 valence electrons. The first-order valence-electron chi connectivity index (χ1n) is 6.17. The molecule has 2 N–H and O–H groups in total. The van der Waals surface area contributed by atoms with Crippen LogP contribution in [0, 0.1) is 10.1 Å². The predicted octanol–water partition coefficient (Wildman–Crippen LogP) is 1.29. The predicted molar refractivity (Wildman–Crippen MR) is 72.1 cm³/mol. The largest absolute Gasteiger partial charge is 0.477 e. The molecular formula is C12H17N3O5. The second kappa shape index (κ2) is 7.39. The number of carbonyl (C=O) groups is 1. The molecule has 0 aliphatic carbocycles. The van der Waals surface area contributed by atoms with Gasteiger partial charge < -0.3 is 15.1 Å². The number of hydrogen-bond acceptors (Lipinski definition) is 6. The number of unbranched alkanes of at least 4 members (excludes halogenated alkanes) is 2. The minimum absolute atomic E-state index is 0.142. The van der Waals surface area contributed by atoms with Crippen molar-refractivity contribution in [1.29, 1.82) is 0 Å². The SMILES string of the molecule is CN(CCCCCO)c1cc(C(=O)O)c([N+](=O)[O-])cn1. The van der Waals surface area contributed by atoms with Crippen molar-refractivity contribution >= 4 is 17.5 Å². The number of anilines is 1. The van der Waals surface area contributed by atoms with Crippen molar-refractivity contribution in [1.82, 2.24) is 4.98 Å². The van der Waals surface area contributed by atoms with E-state index in [1.54, 1.807) is 11.9 Å². The van der Waals surface area contributed by atoms with E-state index in [9.17, 15) is 14.9 Å². The van der Waals surface area contributed by atoms with Crippen LogP contribution in [-0.2, 0) is 0 Å². The van der Waals surface area contributed by atoms with Crippen molar-refractivity contribution < 1.29 is 19.9 Å². The van der Waals surface area contributed by atoms with E-state index >= 15 is 0 Å². The van der Waals surface area contributed by atoms with Crippen molar-refractivity contribution in [2.75, 3.05) is 25.1 Å². The molecule has 0 radical (unpaired) electrons. The molecule has 1 rings (SSSR count). The van der Waals surface area contributed by atoms with Crippen molar-refractivity contribution in [3.05, 3.63) is 27.9 Å². The fraction of sp³-hybridized carbons (Fsp3) is 0.500. The van der Waals surface area contributed by atoms with Gasteiger partial charge in [0.15, 0.2) is 0 Å². The normalized spacial score (nSPS) is 10.3. The average Bonchev–Trinajstić information content (AvgIpc) is 2.42. The Balaban J connectivity index is 2.83. The molecule has 0 aliphatic rings. The van der Waals surface area contributed by atoms with Crippen molar-refractivity contribution in [2.24, 2.45) is 0 Å². The number of carboxylic acids is 1. The number of aromatic carboxylic acids is 1. The maximum Gasteiger partial charge on any atom is 0.342 e. The molecule has 1 aromatic rings. The quantitative estimate of drug-likeness (QED) is 0.419. The first-order chi connectivity index (χ1) is 9.47. The summed E-state index contributed by atoms with van der Waals surface area (Å²) in [5.41, 5.74) is -0.892.